The van der Waals surface area contributed by atoms with Gasteiger partial charge in [0.25, 0.3) is 0 Å². The molecule has 1 aliphatic rings. The van der Waals surface area contributed by atoms with Crippen LogP contribution < -0.4 is 0 Å². The number of aromatic nitrogens is 1. The van der Waals surface area contributed by atoms with Crippen molar-refractivity contribution in [3.63, 3.8) is 0 Å². The van der Waals surface area contributed by atoms with E-state index in [9.17, 15) is 4.79 Å². The lowest BCUT2D eigenvalue weighted by atomic mass is 10.2. The van der Waals surface area contributed by atoms with Crippen molar-refractivity contribution >= 4 is 17.5 Å². The van der Waals surface area contributed by atoms with Crippen LogP contribution in [0.5, 0.6) is 0 Å². The number of likely N-dealkylation sites (N-methyl/N-ethyl adjacent to an activating group) is 1. The maximum atomic E-state index is 12.6. The van der Waals surface area contributed by atoms with Crippen molar-refractivity contribution in [1.82, 2.24) is 14.4 Å². The first-order valence-electron chi connectivity index (χ1n) is 8.02. The molecule has 0 spiro atoms. The maximum Gasteiger partial charge on any atom is 0.228 e. The average Bonchev–Trinajstić information content (AvgIpc) is 2.88. The van der Waals surface area contributed by atoms with Crippen molar-refractivity contribution in [3.8, 4) is 5.69 Å². The van der Waals surface area contributed by atoms with Crippen LogP contribution in [0.1, 0.15) is 12.1 Å². The first-order chi connectivity index (χ1) is 11.1. The van der Waals surface area contributed by atoms with E-state index in [0.717, 1.165) is 44.0 Å². The Hall–Kier alpha value is -1.78. The number of rotatable bonds is 3. The molecule has 1 aliphatic heterocycles. The molecule has 2 heterocycles. The van der Waals surface area contributed by atoms with Crippen molar-refractivity contribution < 1.29 is 4.79 Å². The molecule has 0 saturated carbocycles. The molecule has 2 aromatic rings. The van der Waals surface area contributed by atoms with Crippen molar-refractivity contribution in [3.05, 3.63) is 53.3 Å². The Morgan fingerprint density at radius 2 is 1.87 bits per heavy atom. The summed E-state index contributed by atoms with van der Waals surface area (Å²) in [6.07, 6.45) is 3.46. The Bertz CT molecular complexity index is 665. The van der Waals surface area contributed by atoms with Gasteiger partial charge in [-0.1, -0.05) is 11.6 Å². The monoisotopic (exact) mass is 331 g/mol. The molecule has 3 rings (SSSR count). The lowest BCUT2D eigenvalue weighted by Gasteiger charge is -2.21. The Balaban J connectivity index is 1.72. The van der Waals surface area contributed by atoms with E-state index in [0.29, 0.717) is 11.4 Å². The van der Waals surface area contributed by atoms with Crippen LogP contribution in [0.3, 0.4) is 0 Å². The number of carbonyl (C=O) groups is 1. The Morgan fingerprint density at radius 3 is 2.65 bits per heavy atom. The van der Waals surface area contributed by atoms with Crippen LogP contribution in [0.2, 0.25) is 5.02 Å². The molecule has 0 atom stereocenters. The molecule has 1 saturated heterocycles. The standard InChI is InChI=1S/C18H22ClN3O/c1-20-9-3-10-21(13-12-20)18(23)14-17-4-2-11-22(17)16-7-5-15(19)6-8-16/h2,4-8,11H,3,9-10,12-14H2,1H3. The van der Waals surface area contributed by atoms with Crippen molar-refractivity contribution in [1.29, 1.82) is 0 Å². The summed E-state index contributed by atoms with van der Waals surface area (Å²) in [6, 6.07) is 11.7. The normalized spacial score (nSPS) is 16.3. The van der Waals surface area contributed by atoms with Gasteiger partial charge in [0.15, 0.2) is 0 Å². The van der Waals surface area contributed by atoms with Crippen LogP contribution in [0.4, 0.5) is 0 Å². The third-order valence-electron chi connectivity index (χ3n) is 4.34. The van der Waals surface area contributed by atoms with E-state index in [2.05, 4.69) is 16.5 Å². The minimum Gasteiger partial charge on any atom is -0.341 e. The second kappa shape index (κ2) is 7.20. The van der Waals surface area contributed by atoms with E-state index >= 15 is 0 Å². The second-order valence-electron chi connectivity index (χ2n) is 6.06. The molecule has 0 N–H and O–H groups in total. The maximum absolute atomic E-state index is 12.6. The lowest BCUT2D eigenvalue weighted by Crippen LogP contribution is -2.35. The molecule has 122 valence electrons. The molecule has 23 heavy (non-hydrogen) atoms. The first-order valence-corrected chi connectivity index (χ1v) is 8.40. The zero-order valence-corrected chi connectivity index (χ0v) is 14.2. The quantitative estimate of drug-likeness (QED) is 0.865. The van der Waals surface area contributed by atoms with Gasteiger partial charge in [0, 0.05) is 42.2 Å². The Kier molecular flexibility index (Phi) is 5.03. The molecule has 4 nitrogen and oxygen atoms in total. The highest BCUT2D eigenvalue weighted by Gasteiger charge is 2.18. The number of halogens is 1. The van der Waals surface area contributed by atoms with Crippen molar-refractivity contribution in [2.75, 3.05) is 33.2 Å². The molecule has 0 unspecified atom stereocenters. The third kappa shape index (κ3) is 3.95. The summed E-state index contributed by atoms with van der Waals surface area (Å²) >= 11 is 5.95. The summed E-state index contributed by atoms with van der Waals surface area (Å²) in [4.78, 5) is 16.9. The van der Waals surface area contributed by atoms with Crippen LogP contribution in [0.15, 0.2) is 42.6 Å². The molecule has 5 heteroatoms. The smallest absolute Gasteiger partial charge is 0.228 e. The molecule has 0 aliphatic carbocycles. The molecule has 1 aromatic carbocycles. The molecule has 1 amide bonds. The van der Waals surface area contributed by atoms with Gasteiger partial charge in [0.2, 0.25) is 5.91 Å². The highest BCUT2D eigenvalue weighted by Crippen LogP contribution is 2.17. The number of benzene rings is 1. The SMILES string of the molecule is CN1CCCN(C(=O)Cc2cccn2-c2ccc(Cl)cc2)CC1. The van der Waals surface area contributed by atoms with Crippen LogP contribution in [-0.4, -0.2) is 53.5 Å². The molecule has 0 radical (unpaired) electrons. The first kappa shape index (κ1) is 16.1. The molecule has 1 aromatic heterocycles. The van der Waals surface area contributed by atoms with Crippen molar-refractivity contribution in [2.24, 2.45) is 0 Å². The van der Waals surface area contributed by atoms with Crippen LogP contribution in [-0.2, 0) is 11.2 Å². The molecule has 1 fully saturated rings. The summed E-state index contributed by atoms with van der Waals surface area (Å²) in [5, 5.41) is 0.715. The number of amides is 1. The Morgan fingerprint density at radius 1 is 1.09 bits per heavy atom. The fraction of sp³-hybridized carbons (Fsp3) is 0.389. The fourth-order valence-corrected chi connectivity index (χ4v) is 3.10. The van der Waals surface area contributed by atoms with Gasteiger partial charge in [-0.25, -0.2) is 0 Å². The summed E-state index contributed by atoms with van der Waals surface area (Å²) in [5.41, 5.74) is 2.03. The minimum absolute atomic E-state index is 0.203. The predicted molar refractivity (Wildman–Crippen MR) is 93.2 cm³/mol. The number of nitrogens with zero attached hydrogens (tertiary/aromatic N) is 3. The summed E-state index contributed by atoms with van der Waals surface area (Å²) in [7, 11) is 2.11. The second-order valence-corrected chi connectivity index (χ2v) is 6.50. The minimum atomic E-state index is 0.203. The van der Waals surface area contributed by atoms with Crippen LogP contribution in [0, 0.1) is 0 Å². The van der Waals surface area contributed by atoms with E-state index in [1.165, 1.54) is 0 Å². The molecular formula is C18H22ClN3O. The van der Waals surface area contributed by atoms with Gasteiger partial charge in [-0.05, 0) is 56.4 Å². The van der Waals surface area contributed by atoms with E-state index in [1.54, 1.807) is 0 Å². The fourth-order valence-electron chi connectivity index (χ4n) is 2.98. The predicted octanol–water partition coefficient (Wildman–Crippen LogP) is 2.84. The number of hydrogen-bond donors (Lipinski definition) is 0. The van der Waals surface area contributed by atoms with Crippen LogP contribution in [0.25, 0.3) is 5.69 Å². The van der Waals surface area contributed by atoms with Gasteiger partial charge in [-0.2, -0.15) is 0 Å². The highest BCUT2D eigenvalue weighted by atomic mass is 35.5. The van der Waals surface area contributed by atoms with Crippen LogP contribution >= 0.6 is 11.6 Å². The Labute approximate surface area is 142 Å². The lowest BCUT2D eigenvalue weighted by molar-refractivity contribution is -0.130. The number of carbonyl (C=O) groups excluding carboxylic acids is 1. The summed E-state index contributed by atoms with van der Waals surface area (Å²) in [5.74, 6) is 0.203. The van der Waals surface area contributed by atoms with Gasteiger partial charge in [0.05, 0.1) is 6.42 Å². The van der Waals surface area contributed by atoms with Crippen molar-refractivity contribution in [2.45, 2.75) is 12.8 Å². The topological polar surface area (TPSA) is 28.5 Å². The molecular weight excluding hydrogens is 310 g/mol. The van der Waals surface area contributed by atoms with E-state index in [1.807, 2.05) is 47.5 Å². The largest absolute Gasteiger partial charge is 0.341 e. The zero-order valence-electron chi connectivity index (χ0n) is 13.4. The van der Waals surface area contributed by atoms with E-state index in [-0.39, 0.29) is 5.91 Å². The average molecular weight is 332 g/mol. The third-order valence-corrected chi connectivity index (χ3v) is 4.59. The highest BCUT2D eigenvalue weighted by molar-refractivity contribution is 6.30. The van der Waals surface area contributed by atoms with Gasteiger partial charge < -0.3 is 14.4 Å². The van der Waals surface area contributed by atoms with E-state index in [4.69, 9.17) is 11.6 Å². The number of hydrogen-bond acceptors (Lipinski definition) is 2. The van der Waals surface area contributed by atoms with Gasteiger partial charge in [-0.3, -0.25) is 4.79 Å². The van der Waals surface area contributed by atoms with Gasteiger partial charge in [-0.15, -0.1) is 0 Å². The zero-order chi connectivity index (χ0) is 16.2. The molecule has 0 bridgehead atoms. The summed E-state index contributed by atoms with van der Waals surface area (Å²) < 4.78 is 2.05. The summed E-state index contributed by atoms with van der Waals surface area (Å²) in [6.45, 7) is 3.68. The van der Waals surface area contributed by atoms with E-state index < -0.39 is 0 Å². The van der Waals surface area contributed by atoms with Gasteiger partial charge >= 0.3 is 0 Å². The van der Waals surface area contributed by atoms with Gasteiger partial charge in [0.1, 0.15) is 0 Å².